The van der Waals surface area contributed by atoms with Crippen LogP contribution >= 0.6 is 0 Å². The minimum atomic E-state index is -1.39. The predicted molar refractivity (Wildman–Crippen MR) is 96.7 cm³/mol. The number of rotatable bonds is 14. The first-order valence-corrected chi connectivity index (χ1v) is 9.98. The molecular weight excluding hydrogens is 340 g/mol. The SMILES string of the molecule is CCCCCCCCCCCC(CC(=O)O)OC1OC[C@@H](O)[C@H](O)[C@H]1O. The largest absolute Gasteiger partial charge is 0.481 e. The summed E-state index contributed by atoms with van der Waals surface area (Å²) >= 11 is 0. The van der Waals surface area contributed by atoms with Gasteiger partial charge < -0.3 is 29.9 Å². The van der Waals surface area contributed by atoms with Gasteiger partial charge in [0.25, 0.3) is 0 Å². The molecule has 0 radical (unpaired) electrons. The maximum Gasteiger partial charge on any atom is 0.305 e. The van der Waals surface area contributed by atoms with Gasteiger partial charge in [-0.3, -0.25) is 4.79 Å². The van der Waals surface area contributed by atoms with Gasteiger partial charge in [0.05, 0.1) is 19.1 Å². The molecule has 1 heterocycles. The Morgan fingerprint density at radius 3 is 2.15 bits per heavy atom. The number of carbonyl (C=O) groups is 1. The lowest BCUT2D eigenvalue weighted by Gasteiger charge is -2.36. The van der Waals surface area contributed by atoms with Crippen molar-refractivity contribution >= 4 is 5.97 Å². The zero-order chi connectivity index (χ0) is 19.4. The minimum Gasteiger partial charge on any atom is -0.481 e. The van der Waals surface area contributed by atoms with Gasteiger partial charge in [0, 0.05) is 0 Å². The van der Waals surface area contributed by atoms with Gasteiger partial charge in [-0.05, 0) is 6.42 Å². The van der Waals surface area contributed by atoms with Gasteiger partial charge in [0.1, 0.15) is 18.3 Å². The van der Waals surface area contributed by atoms with Gasteiger partial charge in [-0.25, -0.2) is 0 Å². The third kappa shape index (κ3) is 9.28. The molecule has 0 amide bonds. The van der Waals surface area contributed by atoms with Crippen molar-refractivity contribution in [2.45, 2.75) is 108 Å². The summed E-state index contributed by atoms with van der Waals surface area (Å²) in [5.74, 6) is -0.975. The molecule has 4 N–H and O–H groups in total. The van der Waals surface area contributed by atoms with Crippen LogP contribution in [0.2, 0.25) is 0 Å². The van der Waals surface area contributed by atoms with Gasteiger partial charge in [0.15, 0.2) is 6.29 Å². The lowest BCUT2D eigenvalue weighted by atomic mass is 10.0. The highest BCUT2D eigenvalue weighted by atomic mass is 16.7. The first-order chi connectivity index (χ1) is 12.5. The van der Waals surface area contributed by atoms with E-state index in [1.165, 1.54) is 38.5 Å². The van der Waals surface area contributed by atoms with E-state index in [0.29, 0.717) is 6.42 Å². The molecule has 0 aliphatic carbocycles. The Bertz CT molecular complexity index is 377. The first kappa shape index (κ1) is 23.3. The lowest BCUT2D eigenvalue weighted by Crippen LogP contribution is -2.54. The van der Waals surface area contributed by atoms with Gasteiger partial charge in [-0.15, -0.1) is 0 Å². The zero-order valence-corrected chi connectivity index (χ0v) is 15.9. The minimum absolute atomic E-state index is 0.152. The maximum atomic E-state index is 11.0. The molecule has 154 valence electrons. The Labute approximate surface area is 156 Å². The molecule has 1 saturated heterocycles. The van der Waals surface area contributed by atoms with Gasteiger partial charge in [-0.2, -0.15) is 0 Å². The van der Waals surface area contributed by atoms with Crippen molar-refractivity contribution in [2.75, 3.05) is 6.61 Å². The highest BCUT2D eigenvalue weighted by Crippen LogP contribution is 2.21. The number of aliphatic carboxylic acids is 1. The Kier molecular flexibility index (Phi) is 12.0. The van der Waals surface area contributed by atoms with Crippen LogP contribution in [0.5, 0.6) is 0 Å². The van der Waals surface area contributed by atoms with Crippen molar-refractivity contribution in [3.05, 3.63) is 0 Å². The fraction of sp³-hybridized carbons (Fsp3) is 0.947. The Morgan fingerprint density at radius 1 is 1.00 bits per heavy atom. The average molecular weight is 376 g/mol. The normalized spacial score (nSPS) is 27.4. The summed E-state index contributed by atoms with van der Waals surface area (Å²) < 4.78 is 10.8. The molecular formula is C19H36O7. The molecule has 2 unspecified atom stereocenters. The molecule has 1 aliphatic rings. The Morgan fingerprint density at radius 2 is 1.58 bits per heavy atom. The molecule has 1 fully saturated rings. The average Bonchev–Trinajstić information content (AvgIpc) is 2.60. The quantitative estimate of drug-likeness (QED) is 0.343. The predicted octanol–water partition coefficient (Wildman–Crippen LogP) is 2.21. The molecule has 26 heavy (non-hydrogen) atoms. The van der Waals surface area contributed by atoms with Crippen LogP contribution in [0.3, 0.4) is 0 Å². The molecule has 1 rings (SSSR count). The van der Waals surface area contributed by atoms with E-state index in [1.807, 2.05) is 0 Å². The maximum absolute atomic E-state index is 11.0. The fourth-order valence-electron chi connectivity index (χ4n) is 3.18. The van der Waals surface area contributed by atoms with Crippen molar-refractivity contribution in [3.8, 4) is 0 Å². The molecule has 1 aliphatic heterocycles. The van der Waals surface area contributed by atoms with Gasteiger partial charge >= 0.3 is 5.97 Å². The molecule has 0 aromatic rings. The standard InChI is InChI=1S/C19H36O7/c1-2-3-4-5-6-7-8-9-10-11-14(12-16(21)22)26-19-18(24)17(23)15(20)13-25-19/h14-15,17-20,23-24H,2-13H2,1H3,(H,21,22)/t14?,15-,17+,18-,19?/m1/s1. The highest BCUT2D eigenvalue weighted by Gasteiger charge is 2.39. The van der Waals surface area contributed by atoms with E-state index in [-0.39, 0.29) is 13.0 Å². The van der Waals surface area contributed by atoms with Gasteiger partial charge in [-0.1, -0.05) is 64.7 Å². The molecule has 0 spiro atoms. The van der Waals surface area contributed by atoms with Crippen LogP contribution in [0.1, 0.15) is 77.6 Å². The van der Waals surface area contributed by atoms with Crippen LogP contribution in [-0.4, -0.2) is 63.7 Å². The number of carboxylic acids is 1. The van der Waals surface area contributed by atoms with Crippen LogP contribution in [0.15, 0.2) is 0 Å². The molecule has 0 bridgehead atoms. The van der Waals surface area contributed by atoms with E-state index >= 15 is 0 Å². The van der Waals surface area contributed by atoms with E-state index in [4.69, 9.17) is 14.6 Å². The second-order valence-electron chi connectivity index (χ2n) is 7.22. The monoisotopic (exact) mass is 376 g/mol. The van der Waals surface area contributed by atoms with E-state index < -0.39 is 36.7 Å². The topological polar surface area (TPSA) is 116 Å². The van der Waals surface area contributed by atoms with Crippen LogP contribution in [0, 0.1) is 0 Å². The van der Waals surface area contributed by atoms with Crippen LogP contribution in [0.25, 0.3) is 0 Å². The van der Waals surface area contributed by atoms with E-state index in [2.05, 4.69) is 6.92 Å². The van der Waals surface area contributed by atoms with E-state index in [9.17, 15) is 20.1 Å². The van der Waals surface area contributed by atoms with Crippen molar-refractivity contribution in [1.29, 1.82) is 0 Å². The summed E-state index contributed by atoms with van der Waals surface area (Å²) in [5, 5.41) is 38.1. The van der Waals surface area contributed by atoms with Gasteiger partial charge in [0.2, 0.25) is 0 Å². The summed E-state index contributed by atoms with van der Waals surface area (Å²) in [6.45, 7) is 2.05. The number of ether oxygens (including phenoxy) is 2. The lowest BCUT2D eigenvalue weighted by molar-refractivity contribution is -0.283. The zero-order valence-electron chi connectivity index (χ0n) is 15.9. The fourth-order valence-corrected chi connectivity index (χ4v) is 3.18. The third-order valence-corrected chi connectivity index (χ3v) is 4.81. The van der Waals surface area contributed by atoms with E-state index in [0.717, 1.165) is 19.3 Å². The number of hydrogen-bond donors (Lipinski definition) is 4. The van der Waals surface area contributed by atoms with E-state index in [1.54, 1.807) is 0 Å². The Hall–Kier alpha value is -0.730. The molecule has 7 nitrogen and oxygen atoms in total. The van der Waals surface area contributed by atoms with Crippen LogP contribution in [-0.2, 0) is 14.3 Å². The highest BCUT2D eigenvalue weighted by molar-refractivity contribution is 5.67. The number of carboxylic acid groups (broad SMARTS) is 1. The second-order valence-corrected chi connectivity index (χ2v) is 7.22. The van der Waals surface area contributed by atoms with Crippen LogP contribution in [0.4, 0.5) is 0 Å². The Balaban J connectivity index is 2.26. The smallest absolute Gasteiger partial charge is 0.305 e. The molecule has 0 aromatic carbocycles. The molecule has 0 aromatic heterocycles. The summed E-state index contributed by atoms with van der Waals surface area (Å²) in [7, 11) is 0. The number of unbranched alkanes of at least 4 members (excludes halogenated alkanes) is 8. The number of hydrogen-bond acceptors (Lipinski definition) is 6. The summed E-state index contributed by atoms with van der Waals surface area (Å²) in [6.07, 6.45) is 5.34. The molecule has 5 atom stereocenters. The van der Waals surface area contributed by atoms with Crippen molar-refractivity contribution in [2.24, 2.45) is 0 Å². The first-order valence-electron chi connectivity index (χ1n) is 9.98. The summed E-state index contributed by atoms with van der Waals surface area (Å²) in [5.41, 5.74) is 0. The van der Waals surface area contributed by atoms with Crippen molar-refractivity contribution < 1.29 is 34.7 Å². The molecule has 0 saturated carbocycles. The summed E-state index contributed by atoms with van der Waals surface area (Å²) in [4.78, 5) is 11.0. The van der Waals surface area contributed by atoms with Crippen LogP contribution < -0.4 is 0 Å². The van der Waals surface area contributed by atoms with Crippen molar-refractivity contribution in [1.82, 2.24) is 0 Å². The van der Waals surface area contributed by atoms with Crippen molar-refractivity contribution in [3.63, 3.8) is 0 Å². The number of aliphatic hydroxyl groups is 3. The summed E-state index contributed by atoms with van der Waals surface area (Å²) in [6, 6.07) is 0. The third-order valence-electron chi connectivity index (χ3n) is 4.81. The molecule has 7 heteroatoms. The second kappa shape index (κ2) is 13.4. The number of aliphatic hydroxyl groups excluding tert-OH is 3.